The number of ether oxygens (including phenoxy) is 2. The molecule has 1 aromatic heterocycles. The molecular weight excluding hydrogens is 587 g/mol. The van der Waals surface area contributed by atoms with Crippen LogP contribution >= 0.6 is 0 Å². The van der Waals surface area contributed by atoms with Crippen LogP contribution in [0.4, 0.5) is 0 Å². The zero-order valence-electron chi connectivity index (χ0n) is 27.3. The molecular formula is C29H51N3O7Si3. The average Bonchev–Trinajstić information content (AvgIpc) is 3.50. The predicted octanol–water partition coefficient (Wildman–Crippen LogP) is 6.14. The molecule has 1 saturated heterocycles. The minimum Gasteiger partial charge on any atom is -0.490 e. The topological polar surface area (TPSA) is 95.3 Å². The lowest BCUT2D eigenvalue weighted by Gasteiger charge is -2.34. The van der Waals surface area contributed by atoms with Crippen LogP contribution in [-0.2, 0) is 35.3 Å². The highest BCUT2D eigenvalue weighted by molar-refractivity contribution is 6.70. The number of hydrogen-bond acceptors (Lipinski definition) is 9. The Kier molecular flexibility index (Phi) is 11.8. The van der Waals surface area contributed by atoms with Gasteiger partial charge in [0.2, 0.25) is 0 Å². The van der Waals surface area contributed by atoms with Crippen molar-refractivity contribution in [1.82, 2.24) is 15.0 Å². The van der Waals surface area contributed by atoms with E-state index in [2.05, 4.69) is 70.0 Å². The van der Waals surface area contributed by atoms with Crippen LogP contribution in [0.15, 0.2) is 31.0 Å². The molecule has 2 heterocycles. The Hall–Kier alpha value is -1.85. The maximum Gasteiger partial charge on any atom is 0.503 e. The minimum absolute atomic E-state index is 0.0754. The third kappa shape index (κ3) is 10.1. The van der Waals surface area contributed by atoms with Gasteiger partial charge in [0.05, 0.1) is 24.5 Å². The summed E-state index contributed by atoms with van der Waals surface area (Å²) >= 11 is 0. The fourth-order valence-corrected chi connectivity index (χ4v) is 10.1. The summed E-state index contributed by atoms with van der Waals surface area (Å²) in [5.74, 6) is 1.48. The number of aryl methyl sites for hydroxylation is 1. The lowest BCUT2D eigenvalue weighted by Crippen LogP contribution is -2.47. The summed E-state index contributed by atoms with van der Waals surface area (Å²) < 4.78 is 45.8. The lowest BCUT2D eigenvalue weighted by molar-refractivity contribution is -0.00925. The summed E-state index contributed by atoms with van der Waals surface area (Å²) in [5.41, 5.74) is 1.59. The van der Waals surface area contributed by atoms with Gasteiger partial charge in [-0.05, 0) is 85.2 Å². The molecule has 3 rings (SSSR count). The molecule has 1 fully saturated rings. The molecule has 0 bridgehead atoms. The number of rotatable bonds is 16. The first kappa shape index (κ1) is 34.6. The molecule has 0 amide bonds. The second-order valence-electron chi connectivity index (χ2n) is 13.0. The van der Waals surface area contributed by atoms with Crippen molar-refractivity contribution in [2.75, 3.05) is 7.11 Å². The first-order chi connectivity index (χ1) is 19.5. The summed E-state index contributed by atoms with van der Waals surface area (Å²) in [6.07, 6.45) is 2.84. The molecule has 42 heavy (non-hydrogen) atoms. The SMILES string of the molecule is C=Cc1cc(OCc2cn(CC[Si]3(OC)OC(C(C)O[Si](C)(C)C)C(C(C)O[Si](C)(C)C)O3)nn2)ccc1OC(C)C. The average molecular weight is 638 g/mol. The Labute approximate surface area is 255 Å². The van der Waals surface area contributed by atoms with E-state index < -0.39 is 25.4 Å². The highest BCUT2D eigenvalue weighted by atomic mass is 28.4. The molecule has 0 N–H and O–H groups in total. The first-order valence-corrected chi connectivity index (χ1v) is 23.5. The second-order valence-corrected chi connectivity index (χ2v) is 24.7. The molecule has 1 aliphatic heterocycles. The van der Waals surface area contributed by atoms with Crippen molar-refractivity contribution in [3.05, 3.63) is 42.2 Å². The fourth-order valence-electron chi connectivity index (χ4n) is 4.93. The van der Waals surface area contributed by atoms with E-state index in [-0.39, 0.29) is 37.1 Å². The standard InChI is InChI=1S/C29H51N3O7Si3/c1-13-24-18-26(14-15-27(24)35-21(2)3)34-20-25-19-32(31-30-25)16-17-42(33-6)38-28(22(4)36-40(7,8)9)29(39-42)23(5)37-41(10,11)12/h13-15,18-19,21-23,28-29H,1,16-17,20H2,2-12H3. The maximum absolute atomic E-state index is 6.67. The van der Waals surface area contributed by atoms with Crippen LogP contribution in [0.5, 0.6) is 11.5 Å². The molecule has 1 aromatic carbocycles. The normalized spacial score (nSPS) is 22.8. The summed E-state index contributed by atoms with van der Waals surface area (Å²) in [5, 5.41) is 8.61. The molecule has 0 radical (unpaired) electrons. The molecule has 4 atom stereocenters. The molecule has 0 spiro atoms. The van der Waals surface area contributed by atoms with Crippen molar-refractivity contribution in [2.24, 2.45) is 0 Å². The molecule has 4 unspecified atom stereocenters. The summed E-state index contributed by atoms with van der Waals surface area (Å²) in [4.78, 5) is 0. The predicted molar refractivity (Wildman–Crippen MR) is 172 cm³/mol. The van der Waals surface area contributed by atoms with Gasteiger partial charge in [0.15, 0.2) is 16.6 Å². The Morgan fingerprint density at radius 1 is 1.00 bits per heavy atom. The van der Waals surface area contributed by atoms with E-state index in [0.717, 1.165) is 11.3 Å². The van der Waals surface area contributed by atoms with Gasteiger partial charge in [-0.2, -0.15) is 0 Å². The molecule has 13 heteroatoms. The maximum atomic E-state index is 6.67. The quantitative estimate of drug-likeness (QED) is 0.201. The van der Waals surface area contributed by atoms with Crippen molar-refractivity contribution in [3.8, 4) is 11.5 Å². The van der Waals surface area contributed by atoms with Crippen LogP contribution in [0.25, 0.3) is 6.08 Å². The monoisotopic (exact) mass is 637 g/mol. The molecule has 1 aliphatic rings. The zero-order valence-corrected chi connectivity index (χ0v) is 30.3. The van der Waals surface area contributed by atoms with Gasteiger partial charge < -0.3 is 31.6 Å². The molecule has 0 aliphatic carbocycles. The van der Waals surface area contributed by atoms with Crippen LogP contribution < -0.4 is 9.47 Å². The fraction of sp³-hybridized carbons (Fsp3) is 0.655. The minimum atomic E-state index is -3.05. The summed E-state index contributed by atoms with van der Waals surface area (Å²) in [6.45, 7) is 25.9. The van der Waals surface area contributed by atoms with Crippen LogP contribution in [0.1, 0.15) is 39.0 Å². The Balaban J connectivity index is 1.66. The molecule has 236 valence electrons. The van der Waals surface area contributed by atoms with Gasteiger partial charge in [-0.15, -0.1) is 5.10 Å². The lowest BCUT2D eigenvalue weighted by atomic mass is 10.1. The third-order valence-corrected chi connectivity index (χ3v) is 11.3. The number of nitrogens with zero attached hydrogens (tertiary/aromatic N) is 3. The summed E-state index contributed by atoms with van der Waals surface area (Å²) in [7, 11) is -5.01. The highest BCUT2D eigenvalue weighted by Gasteiger charge is 2.56. The number of benzene rings is 1. The van der Waals surface area contributed by atoms with Gasteiger partial charge in [-0.25, -0.2) is 0 Å². The van der Waals surface area contributed by atoms with Crippen molar-refractivity contribution in [2.45, 2.75) is 117 Å². The van der Waals surface area contributed by atoms with Gasteiger partial charge in [0.1, 0.15) is 36.0 Å². The van der Waals surface area contributed by atoms with Gasteiger partial charge in [-0.3, -0.25) is 4.68 Å². The Morgan fingerprint density at radius 2 is 1.60 bits per heavy atom. The van der Waals surface area contributed by atoms with Crippen LogP contribution in [0, 0.1) is 0 Å². The van der Waals surface area contributed by atoms with Gasteiger partial charge in [-0.1, -0.05) is 17.9 Å². The van der Waals surface area contributed by atoms with E-state index in [1.807, 2.05) is 38.2 Å². The Morgan fingerprint density at radius 3 is 2.10 bits per heavy atom. The van der Waals surface area contributed by atoms with E-state index in [1.54, 1.807) is 17.9 Å². The summed E-state index contributed by atoms with van der Waals surface area (Å²) in [6, 6.07) is 6.22. The molecule has 10 nitrogen and oxygen atoms in total. The third-order valence-electron chi connectivity index (χ3n) is 6.45. The first-order valence-electron chi connectivity index (χ1n) is 14.7. The van der Waals surface area contributed by atoms with E-state index in [1.165, 1.54) is 0 Å². The van der Waals surface area contributed by atoms with Crippen molar-refractivity contribution < 1.29 is 31.6 Å². The van der Waals surface area contributed by atoms with E-state index in [4.69, 9.17) is 31.6 Å². The van der Waals surface area contributed by atoms with Crippen LogP contribution in [0.3, 0.4) is 0 Å². The second kappa shape index (κ2) is 14.3. The van der Waals surface area contributed by atoms with Crippen LogP contribution in [0.2, 0.25) is 45.3 Å². The van der Waals surface area contributed by atoms with Gasteiger partial charge in [0.25, 0.3) is 0 Å². The zero-order chi connectivity index (χ0) is 31.3. The van der Waals surface area contributed by atoms with E-state index in [0.29, 0.717) is 24.0 Å². The van der Waals surface area contributed by atoms with Crippen molar-refractivity contribution >= 4 is 31.5 Å². The van der Waals surface area contributed by atoms with E-state index in [9.17, 15) is 0 Å². The highest BCUT2D eigenvalue weighted by Crippen LogP contribution is 2.36. The largest absolute Gasteiger partial charge is 0.503 e. The number of aromatic nitrogens is 3. The van der Waals surface area contributed by atoms with E-state index >= 15 is 0 Å². The van der Waals surface area contributed by atoms with Gasteiger partial charge in [0, 0.05) is 25.3 Å². The van der Waals surface area contributed by atoms with Gasteiger partial charge >= 0.3 is 8.80 Å². The number of hydrogen-bond donors (Lipinski definition) is 0. The van der Waals surface area contributed by atoms with Crippen molar-refractivity contribution in [1.29, 1.82) is 0 Å². The van der Waals surface area contributed by atoms with Crippen LogP contribution in [-0.4, -0.2) is 78.1 Å². The smallest absolute Gasteiger partial charge is 0.490 e. The molecule has 2 aromatic rings. The Bertz CT molecular complexity index is 1140. The van der Waals surface area contributed by atoms with Crippen molar-refractivity contribution in [3.63, 3.8) is 0 Å². The molecule has 0 saturated carbocycles.